The molecule has 0 aromatic heterocycles. The number of sulfonamides is 1. The Kier molecular flexibility index (Phi) is 4.82. The van der Waals surface area contributed by atoms with Crippen molar-refractivity contribution < 1.29 is 13.2 Å². The Balaban J connectivity index is 1.33. The van der Waals surface area contributed by atoms with Crippen molar-refractivity contribution in [1.29, 1.82) is 0 Å². The Morgan fingerprint density at radius 1 is 1.04 bits per heavy atom. The first-order valence-electron chi connectivity index (χ1n) is 9.78. The minimum atomic E-state index is -3.46. The van der Waals surface area contributed by atoms with Crippen molar-refractivity contribution in [3.63, 3.8) is 0 Å². The fraction of sp³-hybridized carbons (Fsp3) is 0.650. The van der Waals surface area contributed by atoms with Gasteiger partial charge in [0.1, 0.15) is 0 Å². The summed E-state index contributed by atoms with van der Waals surface area (Å²) in [5.41, 5.74) is 1.04. The Hall–Kier alpha value is -1.40. The number of nitrogens with zero attached hydrogens (tertiary/aromatic N) is 2. The lowest BCUT2D eigenvalue weighted by atomic mass is 9.86. The summed E-state index contributed by atoms with van der Waals surface area (Å²) in [5, 5.41) is 0. The number of amides is 1. The Morgan fingerprint density at radius 3 is 2.31 bits per heavy atom. The van der Waals surface area contributed by atoms with Crippen LogP contribution >= 0.6 is 0 Å². The number of piperazine rings is 1. The highest BCUT2D eigenvalue weighted by molar-refractivity contribution is 7.89. The Morgan fingerprint density at radius 2 is 1.73 bits per heavy atom. The van der Waals surface area contributed by atoms with Crippen LogP contribution in [0.25, 0.3) is 0 Å². The SMILES string of the molecule is Cc1ccc(S(=O)(=O)N2CCN(C(=O)C[C@@H]3C[C@H]4CC[C@@H]3C4)CC2)cc1. The maximum absolute atomic E-state index is 12.8. The molecule has 3 aliphatic rings. The summed E-state index contributed by atoms with van der Waals surface area (Å²) in [7, 11) is -3.46. The van der Waals surface area contributed by atoms with Crippen molar-refractivity contribution in [2.45, 2.75) is 43.9 Å². The van der Waals surface area contributed by atoms with Gasteiger partial charge in [-0.2, -0.15) is 4.31 Å². The van der Waals surface area contributed by atoms with Crippen LogP contribution in [0.4, 0.5) is 0 Å². The van der Waals surface area contributed by atoms with Crippen LogP contribution in [-0.4, -0.2) is 49.7 Å². The molecule has 3 fully saturated rings. The van der Waals surface area contributed by atoms with Crippen molar-refractivity contribution >= 4 is 15.9 Å². The fourth-order valence-corrected chi connectivity index (χ4v) is 6.44. The molecule has 3 atom stereocenters. The Bertz CT molecular complexity index is 767. The summed E-state index contributed by atoms with van der Waals surface area (Å²) >= 11 is 0. The van der Waals surface area contributed by atoms with Gasteiger partial charge in [-0.3, -0.25) is 4.79 Å². The van der Waals surface area contributed by atoms with Crippen molar-refractivity contribution in [1.82, 2.24) is 9.21 Å². The summed E-state index contributed by atoms with van der Waals surface area (Å²) in [6.07, 6.45) is 5.85. The van der Waals surface area contributed by atoms with E-state index in [1.165, 1.54) is 30.0 Å². The molecule has 4 rings (SSSR count). The maximum atomic E-state index is 12.8. The molecule has 0 spiro atoms. The largest absolute Gasteiger partial charge is 0.340 e. The van der Waals surface area contributed by atoms with E-state index in [1.807, 2.05) is 24.0 Å². The van der Waals surface area contributed by atoms with Crippen LogP contribution in [0.1, 0.15) is 37.7 Å². The predicted molar refractivity (Wildman–Crippen MR) is 100 cm³/mol. The number of hydrogen-bond acceptors (Lipinski definition) is 3. The minimum absolute atomic E-state index is 0.218. The normalized spacial score (nSPS) is 29.3. The van der Waals surface area contributed by atoms with E-state index in [-0.39, 0.29) is 5.91 Å². The van der Waals surface area contributed by atoms with Crippen LogP contribution in [0.5, 0.6) is 0 Å². The average Bonchev–Trinajstić information content (AvgIpc) is 3.25. The predicted octanol–water partition coefficient (Wildman–Crippen LogP) is 2.65. The molecular weight excluding hydrogens is 348 g/mol. The summed E-state index contributed by atoms with van der Waals surface area (Å²) in [5.74, 6) is 2.40. The van der Waals surface area contributed by atoms with Crippen LogP contribution < -0.4 is 0 Å². The molecule has 26 heavy (non-hydrogen) atoms. The van der Waals surface area contributed by atoms with Gasteiger partial charge in [-0.05, 0) is 56.1 Å². The lowest BCUT2D eigenvalue weighted by Crippen LogP contribution is -2.50. The zero-order chi connectivity index (χ0) is 18.3. The van der Waals surface area contributed by atoms with Crippen LogP contribution in [0.2, 0.25) is 0 Å². The fourth-order valence-electron chi connectivity index (χ4n) is 5.02. The maximum Gasteiger partial charge on any atom is 0.243 e. The van der Waals surface area contributed by atoms with Gasteiger partial charge in [0, 0.05) is 32.6 Å². The molecular formula is C20H28N2O3S. The highest BCUT2D eigenvalue weighted by Crippen LogP contribution is 2.49. The highest BCUT2D eigenvalue weighted by Gasteiger charge is 2.41. The van der Waals surface area contributed by atoms with Crippen LogP contribution in [0.3, 0.4) is 0 Å². The molecule has 1 aliphatic heterocycles. The van der Waals surface area contributed by atoms with Gasteiger partial charge < -0.3 is 4.90 Å². The second kappa shape index (κ2) is 6.97. The van der Waals surface area contributed by atoms with Gasteiger partial charge in [-0.1, -0.05) is 24.1 Å². The van der Waals surface area contributed by atoms with E-state index < -0.39 is 10.0 Å². The summed E-state index contributed by atoms with van der Waals surface area (Å²) in [6.45, 7) is 3.73. The second-order valence-electron chi connectivity index (χ2n) is 8.24. The lowest BCUT2D eigenvalue weighted by molar-refractivity contribution is -0.133. The van der Waals surface area contributed by atoms with Crippen LogP contribution in [0, 0.1) is 24.7 Å². The first-order valence-corrected chi connectivity index (χ1v) is 11.2. The molecule has 2 bridgehead atoms. The zero-order valence-electron chi connectivity index (χ0n) is 15.4. The molecule has 5 nitrogen and oxygen atoms in total. The molecule has 142 valence electrons. The average molecular weight is 377 g/mol. The highest BCUT2D eigenvalue weighted by atomic mass is 32.2. The smallest absolute Gasteiger partial charge is 0.243 e. The van der Waals surface area contributed by atoms with Gasteiger partial charge in [0.2, 0.25) is 15.9 Å². The Labute approximate surface area is 156 Å². The van der Waals surface area contributed by atoms with Gasteiger partial charge in [0.05, 0.1) is 4.90 Å². The van der Waals surface area contributed by atoms with Crippen molar-refractivity contribution in [2.75, 3.05) is 26.2 Å². The molecule has 2 aliphatic carbocycles. The molecule has 1 aromatic rings. The number of aryl methyl sites for hydroxylation is 1. The monoisotopic (exact) mass is 376 g/mol. The van der Waals surface area contributed by atoms with E-state index in [2.05, 4.69) is 0 Å². The van der Waals surface area contributed by atoms with Crippen LogP contribution in [0.15, 0.2) is 29.2 Å². The number of hydrogen-bond donors (Lipinski definition) is 0. The summed E-state index contributed by atoms with van der Waals surface area (Å²) in [6, 6.07) is 6.97. The van der Waals surface area contributed by atoms with Crippen molar-refractivity contribution in [3.05, 3.63) is 29.8 Å². The van der Waals surface area contributed by atoms with Gasteiger partial charge in [0.25, 0.3) is 0 Å². The van der Waals surface area contributed by atoms with Crippen molar-refractivity contribution in [3.8, 4) is 0 Å². The molecule has 0 radical (unpaired) electrons. The van der Waals surface area contributed by atoms with Gasteiger partial charge in [-0.25, -0.2) is 8.42 Å². The molecule has 1 aromatic carbocycles. The standard InChI is InChI=1S/C20H28N2O3S/c1-15-2-6-19(7-3-15)26(24,25)22-10-8-21(9-11-22)20(23)14-18-13-16-4-5-17(18)12-16/h2-3,6-7,16-18H,4-5,8-14H2,1H3/t16-,17+,18-/m0/s1. The van der Waals surface area contributed by atoms with E-state index >= 15 is 0 Å². The molecule has 1 saturated heterocycles. The second-order valence-corrected chi connectivity index (χ2v) is 10.2. The summed E-state index contributed by atoms with van der Waals surface area (Å²) < 4.78 is 27.0. The molecule has 0 unspecified atom stereocenters. The quantitative estimate of drug-likeness (QED) is 0.812. The molecule has 2 saturated carbocycles. The first-order chi connectivity index (χ1) is 12.4. The number of fused-ring (bicyclic) bond motifs is 2. The zero-order valence-corrected chi connectivity index (χ0v) is 16.2. The van der Waals surface area contributed by atoms with E-state index in [1.54, 1.807) is 12.1 Å². The van der Waals surface area contributed by atoms with Gasteiger partial charge in [-0.15, -0.1) is 0 Å². The number of carbonyl (C=O) groups is 1. The topological polar surface area (TPSA) is 57.7 Å². The van der Waals surface area contributed by atoms with Gasteiger partial charge in [0.15, 0.2) is 0 Å². The third kappa shape index (κ3) is 3.41. The van der Waals surface area contributed by atoms with Crippen molar-refractivity contribution in [2.24, 2.45) is 17.8 Å². The first kappa shape index (κ1) is 18.0. The minimum Gasteiger partial charge on any atom is -0.340 e. The number of benzene rings is 1. The summed E-state index contributed by atoms with van der Waals surface area (Å²) in [4.78, 5) is 14.9. The molecule has 1 heterocycles. The number of carbonyl (C=O) groups excluding carboxylic acids is 1. The third-order valence-electron chi connectivity index (χ3n) is 6.57. The third-order valence-corrected chi connectivity index (χ3v) is 8.48. The number of rotatable bonds is 4. The van der Waals surface area contributed by atoms with E-state index in [4.69, 9.17) is 0 Å². The van der Waals surface area contributed by atoms with E-state index in [0.29, 0.717) is 43.4 Å². The molecule has 1 amide bonds. The lowest BCUT2D eigenvalue weighted by Gasteiger charge is -2.35. The van der Waals surface area contributed by atoms with Crippen LogP contribution in [-0.2, 0) is 14.8 Å². The molecule has 0 N–H and O–H groups in total. The van der Waals surface area contributed by atoms with E-state index in [0.717, 1.165) is 17.4 Å². The van der Waals surface area contributed by atoms with Gasteiger partial charge >= 0.3 is 0 Å². The van der Waals surface area contributed by atoms with E-state index in [9.17, 15) is 13.2 Å². The molecule has 6 heteroatoms.